The summed E-state index contributed by atoms with van der Waals surface area (Å²) in [6, 6.07) is 9.18. The Morgan fingerprint density at radius 1 is 0.941 bits per heavy atom. The van der Waals surface area contributed by atoms with E-state index >= 15 is 0 Å². The van der Waals surface area contributed by atoms with Crippen molar-refractivity contribution in [2.75, 3.05) is 49.1 Å². The molecular weight excluding hydrogens is 450 g/mol. The second kappa shape index (κ2) is 9.21. The smallest absolute Gasteiger partial charge is 0.293 e. The zero-order valence-corrected chi connectivity index (χ0v) is 20.4. The number of thiazole rings is 1. The summed E-state index contributed by atoms with van der Waals surface area (Å²) in [5.74, 6) is -0.149. The molecule has 0 saturated carbocycles. The normalized spacial score (nSPS) is 16.8. The third-order valence-corrected chi connectivity index (χ3v) is 8.14. The molecule has 2 aromatic carbocycles. The van der Waals surface area contributed by atoms with Crippen molar-refractivity contribution in [1.29, 1.82) is 0 Å². The van der Waals surface area contributed by atoms with Gasteiger partial charge in [-0.2, -0.15) is 0 Å². The predicted octanol–water partition coefficient (Wildman–Crippen LogP) is 4.77. The molecule has 1 amide bonds. The summed E-state index contributed by atoms with van der Waals surface area (Å²) >= 11 is 1.70. The number of hydrogen-bond acceptors (Lipinski definition) is 7. The van der Waals surface area contributed by atoms with Crippen molar-refractivity contribution in [2.45, 2.75) is 33.1 Å². The summed E-state index contributed by atoms with van der Waals surface area (Å²) in [7, 11) is 0. The molecule has 0 spiro atoms. The van der Waals surface area contributed by atoms with Crippen molar-refractivity contribution in [2.24, 2.45) is 0 Å². The average Bonchev–Trinajstić information content (AvgIpc) is 3.33. The minimum absolute atomic E-state index is 0.0200. The van der Waals surface area contributed by atoms with Crippen LogP contribution in [0, 0.1) is 24.0 Å². The number of anilines is 2. The van der Waals surface area contributed by atoms with Crippen LogP contribution in [0.1, 0.15) is 40.7 Å². The van der Waals surface area contributed by atoms with E-state index in [1.165, 1.54) is 21.9 Å². The van der Waals surface area contributed by atoms with Gasteiger partial charge in [-0.15, -0.1) is 0 Å². The van der Waals surface area contributed by atoms with E-state index in [1.54, 1.807) is 28.4 Å². The van der Waals surface area contributed by atoms with E-state index in [1.807, 2.05) is 0 Å². The Balaban J connectivity index is 1.30. The first-order chi connectivity index (χ1) is 16.4. The number of nitrogens with zero attached hydrogens (tertiary/aromatic N) is 5. The maximum Gasteiger partial charge on any atom is 0.293 e. The van der Waals surface area contributed by atoms with Gasteiger partial charge in [0.25, 0.3) is 11.6 Å². The van der Waals surface area contributed by atoms with Gasteiger partial charge in [0.15, 0.2) is 5.13 Å². The molecule has 34 heavy (non-hydrogen) atoms. The SMILES string of the molecule is Cc1ccc(C)c2sc(N3CCN(C(=O)c4ccc(N5CCCCC5)c([N+](=O)[O-])c4)CC3)nc12. The summed E-state index contributed by atoms with van der Waals surface area (Å²) in [4.78, 5) is 35.6. The van der Waals surface area contributed by atoms with Gasteiger partial charge in [0.1, 0.15) is 5.69 Å². The highest BCUT2D eigenvalue weighted by molar-refractivity contribution is 7.22. The Morgan fingerprint density at radius 2 is 1.65 bits per heavy atom. The van der Waals surface area contributed by atoms with E-state index < -0.39 is 0 Å². The number of benzene rings is 2. The number of carbonyl (C=O) groups is 1. The van der Waals surface area contributed by atoms with Crippen molar-refractivity contribution in [3.05, 3.63) is 57.1 Å². The number of fused-ring (bicyclic) bond motifs is 1. The van der Waals surface area contributed by atoms with Gasteiger partial charge in [-0.1, -0.05) is 23.5 Å². The highest BCUT2D eigenvalue weighted by Gasteiger charge is 2.27. The summed E-state index contributed by atoms with van der Waals surface area (Å²) < 4.78 is 1.22. The number of hydrogen-bond donors (Lipinski definition) is 0. The quantitative estimate of drug-likeness (QED) is 0.396. The summed E-state index contributed by atoms with van der Waals surface area (Å²) in [6.45, 7) is 8.34. The Hall–Kier alpha value is -3.20. The first-order valence-corrected chi connectivity index (χ1v) is 12.7. The van der Waals surface area contributed by atoms with E-state index in [2.05, 4.69) is 35.8 Å². The van der Waals surface area contributed by atoms with E-state index in [9.17, 15) is 14.9 Å². The molecule has 5 rings (SSSR count). The van der Waals surface area contributed by atoms with Crippen LogP contribution in [-0.2, 0) is 0 Å². The van der Waals surface area contributed by atoms with Crippen LogP contribution in [0.3, 0.4) is 0 Å². The number of rotatable bonds is 4. The maximum atomic E-state index is 13.2. The summed E-state index contributed by atoms with van der Waals surface area (Å²) in [5, 5.41) is 12.8. The lowest BCUT2D eigenvalue weighted by Crippen LogP contribution is -2.48. The molecule has 0 bridgehead atoms. The molecule has 9 heteroatoms. The standard InChI is InChI=1S/C25H29N5O3S/c1-17-6-7-18(2)23-22(17)26-25(34-23)29-14-12-28(13-15-29)24(31)19-8-9-20(21(16-19)30(32)33)27-10-4-3-5-11-27/h6-9,16H,3-5,10-15H2,1-2H3. The number of amides is 1. The van der Waals surface area contributed by atoms with E-state index in [0.717, 1.165) is 43.0 Å². The number of nitro groups is 1. The largest absolute Gasteiger partial charge is 0.366 e. The average molecular weight is 480 g/mol. The van der Waals surface area contributed by atoms with Gasteiger partial charge in [0.2, 0.25) is 0 Å². The molecule has 3 heterocycles. The lowest BCUT2D eigenvalue weighted by molar-refractivity contribution is -0.384. The zero-order chi connectivity index (χ0) is 23.8. The van der Waals surface area contributed by atoms with Gasteiger partial charge in [-0.3, -0.25) is 14.9 Å². The van der Waals surface area contributed by atoms with Crippen LogP contribution < -0.4 is 9.80 Å². The monoisotopic (exact) mass is 479 g/mol. The third kappa shape index (κ3) is 4.20. The molecule has 8 nitrogen and oxygen atoms in total. The molecule has 2 fully saturated rings. The highest BCUT2D eigenvalue weighted by Crippen LogP contribution is 2.34. The first kappa shape index (κ1) is 22.6. The molecule has 2 aliphatic heterocycles. The van der Waals surface area contributed by atoms with E-state index in [0.29, 0.717) is 37.4 Å². The van der Waals surface area contributed by atoms with Crippen LogP contribution in [0.5, 0.6) is 0 Å². The second-order valence-corrected chi connectivity index (χ2v) is 10.1. The molecule has 0 radical (unpaired) electrons. The molecule has 1 aromatic heterocycles. The van der Waals surface area contributed by atoms with Gasteiger partial charge in [-0.05, 0) is 56.4 Å². The molecule has 178 valence electrons. The Labute approximate surface area is 202 Å². The Bertz CT molecular complexity index is 1200. The molecule has 3 aromatic rings. The minimum atomic E-state index is -0.365. The lowest BCUT2D eigenvalue weighted by atomic mass is 10.1. The van der Waals surface area contributed by atoms with Gasteiger partial charge >= 0.3 is 0 Å². The van der Waals surface area contributed by atoms with Gasteiger partial charge in [-0.25, -0.2) is 4.98 Å². The summed E-state index contributed by atoms with van der Waals surface area (Å²) in [6.07, 6.45) is 3.23. The minimum Gasteiger partial charge on any atom is -0.366 e. The van der Waals surface area contributed by atoms with Crippen molar-refractivity contribution >= 4 is 44.0 Å². The van der Waals surface area contributed by atoms with Crippen LogP contribution >= 0.6 is 11.3 Å². The molecule has 0 aliphatic carbocycles. The number of piperidine rings is 1. The zero-order valence-electron chi connectivity index (χ0n) is 19.6. The molecule has 2 aliphatic rings. The fourth-order valence-corrected chi connectivity index (χ4v) is 6.04. The van der Waals surface area contributed by atoms with Crippen molar-refractivity contribution in [3.63, 3.8) is 0 Å². The predicted molar refractivity (Wildman–Crippen MR) is 136 cm³/mol. The van der Waals surface area contributed by atoms with Crippen molar-refractivity contribution in [3.8, 4) is 0 Å². The molecule has 0 atom stereocenters. The Kier molecular flexibility index (Phi) is 6.12. The number of piperazine rings is 1. The van der Waals surface area contributed by atoms with Gasteiger partial charge < -0.3 is 14.7 Å². The lowest BCUT2D eigenvalue weighted by Gasteiger charge is -2.34. The molecule has 0 N–H and O–H groups in total. The molecule has 2 saturated heterocycles. The third-order valence-electron chi connectivity index (χ3n) is 6.88. The van der Waals surface area contributed by atoms with Crippen LogP contribution in [0.25, 0.3) is 10.2 Å². The van der Waals surface area contributed by atoms with Crippen LogP contribution in [0.4, 0.5) is 16.5 Å². The number of aryl methyl sites for hydroxylation is 2. The fourth-order valence-electron chi connectivity index (χ4n) is 4.87. The van der Waals surface area contributed by atoms with Crippen molar-refractivity contribution in [1.82, 2.24) is 9.88 Å². The Morgan fingerprint density at radius 3 is 2.32 bits per heavy atom. The molecule has 0 unspecified atom stereocenters. The number of carbonyl (C=O) groups excluding carboxylic acids is 1. The maximum absolute atomic E-state index is 13.2. The van der Waals surface area contributed by atoms with Crippen LogP contribution in [-0.4, -0.2) is 60.0 Å². The van der Waals surface area contributed by atoms with Gasteiger partial charge in [0, 0.05) is 50.9 Å². The highest BCUT2D eigenvalue weighted by atomic mass is 32.1. The van der Waals surface area contributed by atoms with Crippen LogP contribution in [0.2, 0.25) is 0 Å². The number of aromatic nitrogens is 1. The van der Waals surface area contributed by atoms with E-state index in [4.69, 9.17) is 4.98 Å². The van der Waals surface area contributed by atoms with Crippen molar-refractivity contribution < 1.29 is 9.72 Å². The molecular formula is C25H29N5O3S. The first-order valence-electron chi connectivity index (χ1n) is 11.9. The summed E-state index contributed by atoms with van der Waals surface area (Å²) in [5.41, 5.74) is 4.48. The second-order valence-electron chi connectivity index (χ2n) is 9.16. The van der Waals surface area contributed by atoms with Crippen LogP contribution in [0.15, 0.2) is 30.3 Å². The van der Waals surface area contributed by atoms with Gasteiger partial charge in [0.05, 0.1) is 15.1 Å². The fraction of sp³-hybridized carbons (Fsp3) is 0.440. The topological polar surface area (TPSA) is 82.8 Å². The number of nitro benzene ring substituents is 1. The van der Waals surface area contributed by atoms with E-state index in [-0.39, 0.29) is 16.5 Å².